The maximum atomic E-state index is 12.4. The number of anilines is 2. The average Bonchev–Trinajstić information content (AvgIpc) is 3.50. The van der Waals surface area contributed by atoms with E-state index in [9.17, 15) is 4.79 Å². The fourth-order valence-corrected chi connectivity index (χ4v) is 4.27. The number of carbonyl (C=O) groups is 1. The second kappa shape index (κ2) is 8.97. The Labute approximate surface area is 203 Å². The molecular weight excluding hydrogens is 446 g/mol. The van der Waals surface area contributed by atoms with Gasteiger partial charge in [-0.1, -0.05) is 0 Å². The van der Waals surface area contributed by atoms with E-state index in [1.807, 2.05) is 52.2 Å². The van der Waals surface area contributed by atoms with Gasteiger partial charge in [0.05, 0.1) is 11.4 Å². The van der Waals surface area contributed by atoms with E-state index in [4.69, 9.17) is 4.74 Å². The summed E-state index contributed by atoms with van der Waals surface area (Å²) >= 11 is 0. The molecule has 0 saturated carbocycles. The minimum atomic E-state index is -0.490. The van der Waals surface area contributed by atoms with E-state index in [1.54, 1.807) is 22.1 Å². The number of ether oxygens (including phenoxy) is 1. The summed E-state index contributed by atoms with van der Waals surface area (Å²) in [6, 6.07) is 3.82. The molecule has 5 rings (SSSR count). The van der Waals surface area contributed by atoms with Crippen LogP contribution in [0.4, 0.5) is 16.3 Å². The van der Waals surface area contributed by atoms with Crippen molar-refractivity contribution in [3.8, 4) is 5.82 Å². The summed E-state index contributed by atoms with van der Waals surface area (Å²) in [7, 11) is 0. The van der Waals surface area contributed by atoms with Crippen LogP contribution in [0, 0.1) is 6.92 Å². The van der Waals surface area contributed by atoms with Crippen molar-refractivity contribution >= 4 is 23.2 Å². The lowest BCUT2D eigenvalue weighted by atomic mass is 9.94. The molecule has 5 heterocycles. The molecule has 4 aromatic heterocycles. The number of piperidine rings is 1. The van der Waals surface area contributed by atoms with Gasteiger partial charge in [-0.25, -0.2) is 29.4 Å². The summed E-state index contributed by atoms with van der Waals surface area (Å²) in [5.74, 6) is 1.64. The molecule has 0 aliphatic carbocycles. The van der Waals surface area contributed by atoms with Crippen molar-refractivity contribution < 1.29 is 9.53 Å². The number of aromatic nitrogens is 7. The molecule has 182 valence electrons. The summed E-state index contributed by atoms with van der Waals surface area (Å²) in [4.78, 5) is 32.0. The maximum absolute atomic E-state index is 12.4. The summed E-state index contributed by atoms with van der Waals surface area (Å²) in [6.07, 6.45) is 10.2. The summed E-state index contributed by atoms with van der Waals surface area (Å²) in [5, 5.41) is 7.50. The second-order valence-corrected chi connectivity index (χ2v) is 9.66. The fourth-order valence-electron chi connectivity index (χ4n) is 4.27. The van der Waals surface area contributed by atoms with Crippen LogP contribution >= 0.6 is 0 Å². The van der Waals surface area contributed by atoms with E-state index in [2.05, 4.69) is 34.8 Å². The van der Waals surface area contributed by atoms with Crippen LogP contribution in [0.15, 0.2) is 43.4 Å². The van der Waals surface area contributed by atoms with E-state index in [0.717, 1.165) is 35.6 Å². The van der Waals surface area contributed by atoms with Crippen molar-refractivity contribution in [3.05, 3.63) is 54.8 Å². The van der Waals surface area contributed by atoms with Gasteiger partial charge in [-0.2, -0.15) is 5.10 Å². The number of rotatable bonds is 4. The van der Waals surface area contributed by atoms with E-state index in [0.29, 0.717) is 30.6 Å². The highest BCUT2D eigenvalue weighted by Gasteiger charge is 2.29. The van der Waals surface area contributed by atoms with Gasteiger partial charge in [-0.15, -0.1) is 0 Å². The number of nitrogens with zero attached hydrogens (tertiary/aromatic N) is 8. The summed E-state index contributed by atoms with van der Waals surface area (Å²) in [5.41, 5.74) is 3.02. The van der Waals surface area contributed by atoms with Crippen molar-refractivity contribution in [2.45, 2.75) is 52.1 Å². The number of hydrogen-bond acceptors (Lipinski definition) is 8. The predicted octanol–water partition coefficient (Wildman–Crippen LogP) is 3.87. The van der Waals surface area contributed by atoms with Crippen molar-refractivity contribution in [2.75, 3.05) is 18.4 Å². The quantitative estimate of drug-likeness (QED) is 0.473. The van der Waals surface area contributed by atoms with Gasteiger partial charge in [-0.3, -0.25) is 4.40 Å². The smallest absolute Gasteiger partial charge is 0.410 e. The zero-order valence-corrected chi connectivity index (χ0v) is 20.3. The number of likely N-dealkylation sites (tertiary alicyclic amines) is 1. The molecule has 1 amide bonds. The van der Waals surface area contributed by atoms with Gasteiger partial charge < -0.3 is 15.0 Å². The molecule has 11 heteroatoms. The zero-order chi connectivity index (χ0) is 24.6. The monoisotopic (exact) mass is 475 g/mol. The molecule has 11 nitrogen and oxygen atoms in total. The van der Waals surface area contributed by atoms with Crippen LogP contribution in [-0.4, -0.2) is 63.8 Å². The lowest BCUT2D eigenvalue weighted by molar-refractivity contribution is 0.0204. The molecule has 0 radical (unpaired) electrons. The number of carbonyl (C=O) groups excluding carboxylic acids is 1. The number of amides is 1. The predicted molar refractivity (Wildman–Crippen MR) is 130 cm³/mol. The highest BCUT2D eigenvalue weighted by Crippen LogP contribution is 2.31. The van der Waals surface area contributed by atoms with Crippen LogP contribution in [0.1, 0.15) is 50.9 Å². The second-order valence-electron chi connectivity index (χ2n) is 9.66. The number of pyridine rings is 1. The molecule has 1 saturated heterocycles. The summed E-state index contributed by atoms with van der Waals surface area (Å²) < 4.78 is 9.22. The van der Waals surface area contributed by atoms with Gasteiger partial charge in [0.25, 0.3) is 0 Å². The van der Waals surface area contributed by atoms with Gasteiger partial charge in [0, 0.05) is 43.3 Å². The van der Waals surface area contributed by atoms with Crippen molar-refractivity contribution in [2.24, 2.45) is 0 Å². The Morgan fingerprint density at radius 3 is 2.66 bits per heavy atom. The molecule has 4 aromatic rings. The first-order valence-corrected chi connectivity index (χ1v) is 11.7. The highest BCUT2D eigenvalue weighted by molar-refractivity contribution is 5.71. The SMILES string of the molecule is Cc1nc(-n2cncn2)ccc1Nc1nccn2c(C3CCN(C(=O)OC(C)(C)C)CC3)cnc12. The standard InChI is InChI=1S/C24H29N9O2/c1-16-18(5-6-20(29-16)33-15-25-14-28-33)30-21-22-27-13-19(32(22)12-9-26-21)17-7-10-31(11-8-17)23(34)35-24(2,3)4/h5-6,9,12-15,17H,7-8,10-11H2,1-4H3,(H,26,30). The Morgan fingerprint density at radius 1 is 1.17 bits per heavy atom. The number of fused-ring (bicyclic) bond motifs is 1. The van der Waals surface area contributed by atoms with Crippen LogP contribution in [0.2, 0.25) is 0 Å². The molecule has 0 atom stereocenters. The molecule has 0 spiro atoms. The Morgan fingerprint density at radius 2 is 1.97 bits per heavy atom. The number of aryl methyl sites for hydroxylation is 1. The normalized spacial score (nSPS) is 14.9. The van der Waals surface area contributed by atoms with Crippen LogP contribution in [-0.2, 0) is 4.74 Å². The molecular formula is C24H29N9O2. The van der Waals surface area contributed by atoms with E-state index >= 15 is 0 Å². The highest BCUT2D eigenvalue weighted by atomic mass is 16.6. The molecule has 1 N–H and O–H groups in total. The number of nitrogens with one attached hydrogen (secondary N) is 1. The van der Waals surface area contributed by atoms with Crippen LogP contribution in [0.3, 0.4) is 0 Å². The first kappa shape index (κ1) is 22.8. The van der Waals surface area contributed by atoms with Crippen LogP contribution in [0.25, 0.3) is 11.5 Å². The summed E-state index contributed by atoms with van der Waals surface area (Å²) in [6.45, 7) is 8.91. The van der Waals surface area contributed by atoms with Gasteiger partial charge in [0.1, 0.15) is 18.3 Å². The molecule has 35 heavy (non-hydrogen) atoms. The first-order chi connectivity index (χ1) is 16.8. The third kappa shape index (κ3) is 4.79. The average molecular weight is 476 g/mol. The molecule has 1 aliphatic rings. The molecule has 1 aliphatic heterocycles. The minimum Gasteiger partial charge on any atom is -0.444 e. The molecule has 0 unspecified atom stereocenters. The Hall–Kier alpha value is -4.02. The van der Waals surface area contributed by atoms with Crippen molar-refractivity contribution in [1.29, 1.82) is 0 Å². The lowest BCUT2D eigenvalue weighted by Crippen LogP contribution is -2.41. The number of imidazole rings is 1. The largest absolute Gasteiger partial charge is 0.444 e. The zero-order valence-electron chi connectivity index (χ0n) is 20.3. The van der Waals surface area contributed by atoms with Crippen molar-refractivity contribution in [3.63, 3.8) is 0 Å². The minimum absolute atomic E-state index is 0.247. The first-order valence-electron chi connectivity index (χ1n) is 11.7. The molecule has 0 aromatic carbocycles. The molecule has 1 fully saturated rings. The van der Waals surface area contributed by atoms with E-state index in [-0.39, 0.29) is 6.09 Å². The molecule has 0 bridgehead atoms. The number of hydrogen-bond donors (Lipinski definition) is 1. The van der Waals surface area contributed by atoms with E-state index < -0.39 is 5.60 Å². The maximum Gasteiger partial charge on any atom is 0.410 e. The topological polar surface area (TPSA) is 115 Å². The van der Waals surface area contributed by atoms with Crippen molar-refractivity contribution in [1.82, 2.24) is 39.0 Å². The van der Waals surface area contributed by atoms with Gasteiger partial charge >= 0.3 is 6.09 Å². The fraction of sp³-hybridized carbons (Fsp3) is 0.417. The Balaban J connectivity index is 1.32. The lowest BCUT2D eigenvalue weighted by Gasteiger charge is -2.33. The van der Waals surface area contributed by atoms with Crippen LogP contribution < -0.4 is 5.32 Å². The third-order valence-electron chi connectivity index (χ3n) is 6.00. The van der Waals surface area contributed by atoms with E-state index in [1.165, 1.54) is 6.33 Å². The Bertz CT molecular complexity index is 1330. The third-order valence-corrected chi connectivity index (χ3v) is 6.00. The van der Waals surface area contributed by atoms with Gasteiger partial charge in [0.2, 0.25) is 0 Å². The Kier molecular flexibility index (Phi) is 5.83. The van der Waals surface area contributed by atoms with Gasteiger partial charge in [0.15, 0.2) is 17.3 Å². The van der Waals surface area contributed by atoms with Crippen LogP contribution in [0.5, 0.6) is 0 Å². The van der Waals surface area contributed by atoms with Gasteiger partial charge in [-0.05, 0) is 52.7 Å².